The molecule has 9 heteroatoms. The predicted molar refractivity (Wildman–Crippen MR) is 151 cm³/mol. The number of nitrogens with two attached hydrogens (primary N) is 1. The number of nitrogens with one attached hydrogen (secondary N) is 1. The van der Waals surface area contributed by atoms with Gasteiger partial charge >= 0.3 is 0 Å². The minimum absolute atomic E-state index is 0.0544. The van der Waals surface area contributed by atoms with Gasteiger partial charge < -0.3 is 20.6 Å². The molecule has 8 nitrogen and oxygen atoms in total. The number of nitrogens with zero attached hydrogens (tertiary/aromatic N) is 1. The van der Waals surface area contributed by atoms with E-state index < -0.39 is 15.7 Å². The number of anilines is 2. The first-order valence-electron chi connectivity index (χ1n) is 13.1. The van der Waals surface area contributed by atoms with E-state index in [1.54, 1.807) is 31.4 Å². The van der Waals surface area contributed by atoms with E-state index >= 15 is 0 Å². The van der Waals surface area contributed by atoms with Crippen molar-refractivity contribution in [3.8, 4) is 5.75 Å². The van der Waals surface area contributed by atoms with Gasteiger partial charge in [-0.1, -0.05) is 44.6 Å². The molecule has 38 heavy (non-hydrogen) atoms. The number of unbranched alkanes of at least 4 members (excludes halogenated alkanes) is 8. The fourth-order valence-electron chi connectivity index (χ4n) is 4.49. The Balaban J connectivity index is 1.78. The van der Waals surface area contributed by atoms with Crippen molar-refractivity contribution in [3.63, 3.8) is 0 Å². The van der Waals surface area contributed by atoms with Crippen LogP contribution in [0.3, 0.4) is 0 Å². The van der Waals surface area contributed by atoms with Crippen molar-refractivity contribution in [2.24, 2.45) is 5.73 Å². The van der Waals surface area contributed by atoms with Crippen molar-refractivity contribution in [2.75, 3.05) is 18.2 Å². The zero-order chi connectivity index (χ0) is 27.5. The Kier molecular flexibility index (Phi) is 10.6. The maximum atomic E-state index is 13.3. The molecule has 0 aliphatic rings. The van der Waals surface area contributed by atoms with Crippen LogP contribution in [0, 0.1) is 6.92 Å². The van der Waals surface area contributed by atoms with Crippen LogP contribution >= 0.6 is 0 Å². The molecule has 0 fully saturated rings. The predicted octanol–water partition coefficient (Wildman–Crippen LogP) is 5.88. The summed E-state index contributed by atoms with van der Waals surface area (Å²) in [5.74, 6) is 0.0181. The van der Waals surface area contributed by atoms with Crippen molar-refractivity contribution < 1.29 is 22.7 Å². The molecule has 3 aromatic rings. The third-order valence-corrected chi connectivity index (χ3v) is 8.36. The Morgan fingerprint density at radius 3 is 2.37 bits per heavy atom. The van der Waals surface area contributed by atoms with E-state index in [0.717, 1.165) is 51.2 Å². The highest BCUT2D eigenvalue weighted by molar-refractivity contribution is 7.91. The van der Waals surface area contributed by atoms with E-state index in [-0.39, 0.29) is 16.2 Å². The van der Waals surface area contributed by atoms with Crippen LogP contribution in [-0.4, -0.2) is 38.5 Å². The first-order chi connectivity index (χ1) is 18.3. The van der Waals surface area contributed by atoms with Gasteiger partial charge in [0.05, 0.1) is 34.5 Å². The van der Waals surface area contributed by atoms with E-state index in [4.69, 9.17) is 10.5 Å². The van der Waals surface area contributed by atoms with Gasteiger partial charge in [0.2, 0.25) is 0 Å². The van der Waals surface area contributed by atoms with E-state index in [1.165, 1.54) is 6.20 Å². The number of aromatic nitrogens is 1. The number of fused-ring (bicyclic) bond motifs is 1. The molecule has 204 valence electrons. The summed E-state index contributed by atoms with van der Waals surface area (Å²) in [6.45, 7) is 1.81. The lowest BCUT2D eigenvalue weighted by Gasteiger charge is -2.16. The van der Waals surface area contributed by atoms with Gasteiger partial charge in [-0.25, -0.2) is 8.42 Å². The summed E-state index contributed by atoms with van der Waals surface area (Å²) < 4.78 is 31.8. The number of carbonyl (C=O) groups excluding carboxylic acids is 2. The Morgan fingerprint density at radius 2 is 1.71 bits per heavy atom. The van der Waals surface area contributed by atoms with E-state index in [2.05, 4.69) is 10.3 Å². The number of primary amides is 1. The van der Waals surface area contributed by atoms with Gasteiger partial charge in [-0.15, -0.1) is 0 Å². The Bertz CT molecular complexity index is 1370. The van der Waals surface area contributed by atoms with Gasteiger partial charge in [-0.05, 0) is 49.6 Å². The second-order valence-electron chi connectivity index (χ2n) is 9.51. The Hall–Kier alpha value is -3.46. The number of ether oxygens (including phenoxy) is 1. The average molecular weight is 540 g/mol. The molecule has 1 amide bonds. The molecular weight excluding hydrogens is 502 g/mol. The van der Waals surface area contributed by atoms with Gasteiger partial charge in [0.15, 0.2) is 9.84 Å². The van der Waals surface area contributed by atoms with Gasteiger partial charge in [0.25, 0.3) is 5.91 Å². The van der Waals surface area contributed by atoms with Crippen LogP contribution in [0.1, 0.15) is 73.7 Å². The minimum atomic E-state index is -3.54. The van der Waals surface area contributed by atoms with Gasteiger partial charge in [-0.3, -0.25) is 9.78 Å². The van der Waals surface area contributed by atoms with Crippen LogP contribution in [0.4, 0.5) is 11.4 Å². The highest BCUT2D eigenvalue weighted by atomic mass is 32.2. The lowest BCUT2D eigenvalue weighted by atomic mass is 10.1. The number of rotatable bonds is 16. The summed E-state index contributed by atoms with van der Waals surface area (Å²) in [6, 6.07) is 10.4. The van der Waals surface area contributed by atoms with E-state index in [1.807, 2.05) is 19.1 Å². The molecule has 0 unspecified atom stereocenters. The molecule has 0 bridgehead atoms. The average Bonchev–Trinajstić information content (AvgIpc) is 2.90. The highest BCUT2D eigenvalue weighted by Crippen LogP contribution is 2.34. The number of benzene rings is 2. The molecule has 2 aromatic carbocycles. The van der Waals surface area contributed by atoms with Crippen LogP contribution in [0.5, 0.6) is 5.75 Å². The zero-order valence-electron chi connectivity index (χ0n) is 22.2. The Morgan fingerprint density at radius 1 is 1.03 bits per heavy atom. The van der Waals surface area contributed by atoms with E-state index in [0.29, 0.717) is 46.4 Å². The van der Waals surface area contributed by atoms with Crippen molar-refractivity contribution in [3.05, 3.63) is 53.7 Å². The number of aldehydes is 1. The quantitative estimate of drug-likeness (QED) is 0.172. The molecule has 0 atom stereocenters. The van der Waals surface area contributed by atoms with Crippen LogP contribution in [0.15, 0.2) is 47.5 Å². The molecule has 0 aliphatic heterocycles. The first kappa shape index (κ1) is 29.1. The fourth-order valence-corrected chi connectivity index (χ4v) is 5.97. The number of amides is 1. The highest BCUT2D eigenvalue weighted by Gasteiger charge is 2.20. The monoisotopic (exact) mass is 539 g/mol. The third kappa shape index (κ3) is 7.77. The first-order valence-corrected chi connectivity index (χ1v) is 14.7. The second-order valence-corrected chi connectivity index (χ2v) is 11.6. The normalized spacial score (nSPS) is 11.4. The van der Waals surface area contributed by atoms with Gasteiger partial charge in [0.1, 0.15) is 12.0 Å². The molecular formula is C29H37N3O5S. The summed E-state index contributed by atoms with van der Waals surface area (Å²) in [7, 11) is -1.98. The van der Waals surface area contributed by atoms with Crippen LogP contribution < -0.4 is 15.8 Å². The largest absolute Gasteiger partial charge is 0.497 e. The molecule has 3 rings (SSSR count). The lowest BCUT2D eigenvalue weighted by molar-refractivity contribution is -0.107. The van der Waals surface area contributed by atoms with Crippen molar-refractivity contribution in [1.82, 2.24) is 4.98 Å². The second kappa shape index (κ2) is 13.9. The van der Waals surface area contributed by atoms with Crippen molar-refractivity contribution in [2.45, 2.75) is 69.6 Å². The maximum absolute atomic E-state index is 13.3. The molecule has 0 saturated heterocycles. The number of carbonyl (C=O) groups is 2. The minimum Gasteiger partial charge on any atom is -0.497 e. The number of hydrogen-bond acceptors (Lipinski definition) is 7. The van der Waals surface area contributed by atoms with Crippen LogP contribution in [0.25, 0.3) is 10.9 Å². The van der Waals surface area contributed by atoms with Crippen LogP contribution in [0.2, 0.25) is 0 Å². The van der Waals surface area contributed by atoms with Gasteiger partial charge in [0, 0.05) is 29.8 Å². The summed E-state index contributed by atoms with van der Waals surface area (Å²) in [5, 5.41) is 3.74. The standard InChI is InChI=1S/C29H37N3O5S/c1-21-17-24(38(35,36)16-11-9-7-5-3-4-6-8-10-15-33)19-25-27(21)31-20-26(29(30)34)28(25)32-22-13-12-14-23(18-22)37-2/h12-15,17-20H,3-11,16H2,1-2H3,(H2,30,34)(H,31,32). The number of hydrogen-bond donors (Lipinski definition) is 2. The number of pyridine rings is 1. The Labute approximate surface area is 224 Å². The molecule has 1 aromatic heterocycles. The number of aryl methyl sites for hydroxylation is 1. The molecule has 1 heterocycles. The molecule has 0 radical (unpaired) electrons. The van der Waals surface area contributed by atoms with Crippen LogP contribution in [-0.2, 0) is 14.6 Å². The number of sulfone groups is 1. The molecule has 0 spiro atoms. The topological polar surface area (TPSA) is 128 Å². The smallest absolute Gasteiger partial charge is 0.252 e. The summed E-state index contributed by atoms with van der Waals surface area (Å²) in [6.07, 6.45) is 10.7. The SMILES string of the molecule is COc1cccc(Nc2c(C(N)=O)cnc3c(C)cc(S(=O)(=O)CCCCCCCCCCC=O)cc23)c1. The maximum Gasteiger partial charge on any atom is 0.252 e. The molecule has 0 saturated carbocycles. The third-order valence-electron chi connectivity index (χ3n) is 6.58. The number of methoxy groups -OCH3 is 1. The van der Waals surface area contributed by atoms with Gasteiger partial charge in [-0.2, -0.15) is 0 Å². The summed E-state index contributed by atoms with van der Waals surface area (Å²) in [5.41, 5.74) is 8.17. The summed E-state index contributed by atoms with van der Waals surface area (Å²) >= 11 is 0. The molecule has 0 aliphatic carbocycles. The zero-order valence-corrected chi connectivity index (χ0v) is 23.0. The summed E-state index contributed by atoms with van der Waals surface area (Å²) in [4.78, 5) is 27.2. The fraction of sp³-hybridized carbons (Fsp3) is 0.414. The van der Waals surface area contributed by atoms with Crippen molar-refractivity contribution in [1.29, 1.82) is 0 Å². The van der Waals surface area contributed by atoms with E-state index in [9.17, 15) is 18.0 Å². The van der Waals surface area contributed by atoms with Crippen molar-refractivity contribution >= 4 is 44.3 Å². The lowest BCUT2D eigenvalue weighted by Crippen LogP contribution is -2.15. The molecule has 3 N–H and O–H groups in total.